The summed E-state index contributed by atoms with van der Waals surface area (Å²) in [7, 11) is 0. The number of allylic oxidation sites excluding steroid dienone is 3. The Balaban J connectivity index is 0.000000393. The highest BCUT2D eigenvalue weighted by molar-refractivity contribution is 5.21. The van der Waals surface area contributed by atoms with Crippen LogP contribution < -0.4 is 0 Å². The second-order valence-corrected chi connectivity index (χ2v) is 9.48. The van der Waals surface area contributed by atoms with Crippen molar-refractivity contribution in [2.75, 3.05) is 0 Å². The molecular weight excluding hydrogens is 332 g/mol. The molecule has 0 aromatic carbocycles. The molecule has 0 aromatic heterocycles. The van der Waals surface area contributed by atoms with Crippen LogP contribution in [0.3, 0.4) is 0 Å². The monoisotopic (exact) mass is 378 g/mol. The van der Waals surface area contributed by atoms with E-state index in [1.807, 2.05) is 6.92 Å². The van der Waals surface area contributed by atoms with Crippen molar-refractivity contribution in [2.45, 2.75) is 99.2 Å². The maximum atomic E-state index is 9.41. The average molecular weight is 379 g/mol. The van der Waals surface area contributed by atoms with Gasteiger partial charge in [0.25, 0.3) is 0 Å². The molecule has 0 saturated heterocycles. The van der Waals surface area contributed by atoms with Gasteiger partial charge in [0.05, 0.1) is 12.2 Å². The molecule has 2 bridgehead atoms. The zero-order valence-electron chi connectivity index (χ0n) is 19.1. The van der Waals surface area contributed by atoms with Crippen molar-refractivity contribution in [1.82, 2.24) is 0 Å². The summed E-state index contributed by atoms with van der Waals surface area (Å²) in [6.07, 6.45) is 10.1. The van der Waals surface area contributed by atoms with Crippen molar-refractivity contribution in [1.29, 1.82) is 0 Å². The van der Waals surface area contributed by atoms with E-state index < -0.39 is 0 Å². The van der Waals surface area contributed by atoms with E-state index in [4.69, 9.17) is 5.11 Å². The number of aliphatic hydroxyl groups excluding tert-OH is 2. The lowest BCUT2D eigenvalue weighted by Crippen LogP contribution is -2.47. The van der Waals surface area contributed by atoms with Gasteiger partial charge in [0.1, 0.15) is 0 Å². The van der Waals surface area contributed by atoms with Gasteiger partial charge in [0.15, 0.2) is 0 Å². The molecule has 158 valence electrons. The Labute approximate surface area is 169 Å². The van der Waals surface area contributed by atoms with Crippen LogP contribution in [0.4, 0.5) is 0 Å². The van der Waals surface area contributed by atoms with Crippen LogP contribution in [0.15, 0.2) is 36.5 Å². The highest BCUT2D eigenvalue weighted by Gasteiger charge is 2.49. The Morgan fingerprint density at radius 2 is 1.89 bits per heavy atom. The fourth-order valence-electron chi connectivity index (χ4n) is 4.09. The molecule has 0 radical (unpaired) electrons. The summed E-state index contributed by atoms with van der Waals surface area (Å²) in [6, 6.07) is 0. The third-order valence-electron chi connectivity index (χ3n) is 5.98. The van der Waals surface area contributed by atoms with Crippen LogP contribution in [0.2, 0.25) is 0 Å². The summed E-state index contributed by atoms with van der Waals surface area (Å²) in [5, 5.41) is 18.0. The van der Waals surface area contributed by atoms with Gasteiger partial charge in [-0.3, -0.25) is 0 Å². The van der Waals surface area contributed by atoms with Crippen LogP contribution in [0, 0.1) is 23.2 Å². The standard InChI is InChI=1S/C10H18O.C10H16.C5H12O/c1-5-9(4)7-10(11)6-8(2)3;1-7-4-5-8-6-9(7)10(8,2)3;1-3-4-5(2)6/h5,8,10-11H,1,4,6-7H2,2-3H3;4,8-9H,5-6H2,1-3H3;5-6H,3-4H2,1-2H3. The van der Waals surface area contributed by atoms with Gasteiger partial charge in [-0.05, 0) is 69.1 Å². The Morgan fingerprint density at radius 3 is 2.15 bits per heavy atom. The van der Waals surface area contributed by atoms with Gasteiger partial charge in [0.2, 0.25) is 0 Å². The van der Waals surface area contributed by atoms with E-state index in [1.54, 1.807) is 11.6 Å². The summed E-state index contributed by atoms with van der Waals surface area (Å²) in [6.45, 7) is 22.5. The minimum absolute atomic E-state index is 0.102. The molecule has 2 heteroatoms. The minimum Gasteiger partial charge on any atom is -0.393 e. The molecule has 0 spiro atoms. The van der Waals surface area contributed by atoms with Gasteiger partial charge in [0, 0.05) is 0 Å². The van der Waals surface area contributed by atoms with E-state index in [0.29, 0.717) is 17.8 Å². The Kier molecular flexibility index (Phi) is 12.2. The third kappa shape index (κ3) is 9.76. The van der Waals surface area contributed by atoms with Gasteiger partial charge in [-0.2, -0.15) is 0 Å². The van der Waals surface area contributed by atoms with Crippen molar-refractivity contribution in [3.8, 4) is 0 Å². The fraction of sp³-hybridized carbons (Fsp3) is 0.760. The van der Waals surface area contributed by atoms with E-state index in [9.17, 15) is 5.11 Å². The SMILES string of the molecule is C=CC(=C)CC(O)CC(C)C.CC1=CCC2CC1C2(C)C.CCCC(C)O. The molecule has 1 fully saturated rings. The molecular formula is C25H46O2. The first-order chi connectivity index (χ1) is 12.4. The molecule has 1 saturated carbocycles. The van der Waals surface area contributed by atoms with Gasteiger partial charge in [-0.1, -0.05) is 77.5 Å². The molecule has 2 N–H and O–H groups in total. The van der Waals surface area contributed by atoms with Gasteiger partial charge in [-0.15, -0.1) is 0 Å². The van der Waals surface area contributed by atoms with Crippen molar-refractivity contribution in [2.24, 2.45) is 23.2 Å². The Hall–Kier alpha value is -0.860. The molecule has 3 rings (SSSR count). The molecule has 4 atom stereocenters. The zero-order valence-corrected chi connectivity index (χ0v) is 19.1. The van der Waals surface area contributed by atoms with Crippen molar-refractivity contribution < 1.29 is 10.2 Å². The van der Waals surface area contributed by atoms with E-state index >= 15 is 0 Å². The zero-order chi connectivity index (χ0) is 21.2. The molecule has 0 aromatic rings. The maximum Gasteiger partial charge on any atom is 0.0582 e. The largest absolute Gasteiger partial charge is 0.393 e. The molecule has 3 aliphatic carbocycles. The number of hydrogen-bond donors (Lipinski definition) is 2. The van der Waals surface area contributed by atoms with Crippen LogP contribution in [-0.2, 0) is 0 Å². The maximum absolute atomic E-state index is 9.41. The first-order valence-electron chi connectivity index (χ1n) is 10.8. The smallest absolute Gasteiger partial charge is 0.0582 e. The van der Waals surface area contributed by atoms with Crippen LogP contribution in [0.1, 0.15) is 87.0 Å². The first kappa shape index (κ1) is 26.1. The Morgan fingerprint density at radius 1 is 1.30 bits per heavy atom. The molecule has 27 heavy (non-hydrogen) atoms. The average Bonchev–Trinajstić information content (AvgIpc) is 2.54. The van der Waals surface area contributed by atoms with Crippen molar-refractivity contribution >= 4 is 0 Å². The van der Waals surface area contributed by atoms with E-state index in [2.05, 4.69) is 60.8 Å². The summed E-state index contributed by atoms with van der Waals surface area (Å²) >= 11 is 0. The summed E-state index contributed by atoms with van der Waals surface area (Å²) in [5.74, 6) is 2.47. The number of aliphatic hydroxyl groups is 2. The normalized spacial score (nSPS) is 24.1. The van der Waals surface area contributed by atoms with Gasteiger partial charge in [-0.25, -0.2) is 0 Å². The quantitative estimate of drug-likeness (QED) is 0.382. The van der Waals surface area contributed by atoms with E-state index in [0.717, 1.165) is 36.7 Å². The van der Waals surface area contributed by atoms with E-state index in [1.165, 1.54) is 12.8 Å². The Bertz CT molecular complexity index is 471. The molecule has 0 aliphatic heterocycles. The highest BCUT2D eigenvalue weighted by Crippen LogP contribution is 2.58. The van der Waals surface area contributed by atoms with Gasteiger partial charge < -0.3 is 10.2 Å². The molecule has 2 nitrogen and oxygen atoms in total. The van der Waals surface area contributed by atoms with Crippen molar-refractivity contribution in [3.63, 3.8) is 0 Å². The number of hydrogen-bond acceptors (Lipinski definition) is 2. The van der Waals surface area contributed by atoms with Crippen LogP contribution in [0.25, 0.3) is 0 Å². The highest BCUT2D eigenvalue weighted by atomic mass is 16.3. The lowest BCUT2D eigenvalue weighted by molar-refractivity contribution is -0.00579. The number of fused-ring (bicyclic) bond motifs is 1. The van der Waals surface area contributed by atoms with Crippen molar-refractivity contribution in [3.05, 3.63) is 36.5 Å². The second kappa shape index (κ2) is 12.6. The summed E-state index contributed by atoms with van der Waals surface area (Å²) < 4.78 is 0. The first-order valence-corrected chi connectivity index (χ1v) is 10.8. The van der Waals surface area contributed by atoms with Crippen LogP contribution in [-0.4, -0.2) is 22.4 Å². The predicted molar refractivity (Wildman–Crippen MR) is 120 cm³/mol. The topological polar surface area (TPSA) is 40.5 Å². The molecule has 4 unspecified atom stereocenters. The molecule has 0 amide bonds. The minimum atomic E-state index is -0.250. The van der Waals surface area contributed by atoms with Gasteiger partial charge >= 0.3 is 0 Å². The molecule has 3 aliphatic rings. The second-order valence-electron chi connectivity index (χ2n) is 9.48. The summed E-state index contributed by atoms with van der Waals surface area (Å²) in [4.78, 5) is 0. The fourth-order valence-corrected chi connectivity index (χ4v) is 4.09. The third-order valence-corrected chi connectivity index (χ3v) is 5.98. The van der Waals surface area contributed by atoms with Crippen LogP contribution >= 0.6 is 0 Å². The number of rotatable bonds is 7. The molecule has 0 heterocycles. The lowest BCUT2D eigenvalue weighted by Gasteiger charge is -2.56. The summed E-state index contributed by atoms with van der Waals surface area (Å²) in [5.41, 5.74) is 3.20. The predicted octanol–water partition coefficient (Wildman–Crippen LogP) is 6.69. The van der Waals surface area contributed by atoms with Crippen LogP contribution in [0.5, 0.6) is 0 Å². The lowest BCUT2D eigenvalue weighted by atomic mass is 9.49. The van der Waals surface area contributed by atoms with E-state index in [-0.39, 0.29) is 12.2 Å².